The Morgan fingerprint density at radius 1 is 1.42 bits per heavy atom. The summed E-state index contributed by atoms with van der Waals surface area (Å²) in [6.07, 6.45) is 6.86. The number of hydrogen-bond acceptors (Lipinski definition) is 7. The van der Waals surface area contributed by atoms with Gasteiger partial charge in [0, 0.05) is 31.7 Å². The second kappa shape index (κ2) is 13.4. The average molecular weight is 339 g/mol. The van der Waals surface area contributed by atoms with Crippen LogP contribution in [0.25, 0.3) is 0 Å². The fourth-order valence-corrected chi connectivity index (χ4v) is 1.68. The van der Waals surface area contributed by atoms with E-state index in [4.69, 9.17) is 15.3 Å². The number of aliphatic hydroxyl groups excluding tert-OH is 1. The lowest BCUT2D eigenvalue weighted by molar-refractivity contribution is -0.182. The number of aliphatic imine (C=N–C) groups is 2. The molecule has 0 aliphatic carbocycles. The molecule has 136 valence electrons. The largest absolute Gasteiger partial charge is 0.390 e. The first-order valence-corrected chi connectivity index (χ1v) is 7.75. The number of allylic oxidation sites excluding steroid dienone is 3. The van der Waals surface area contributed by atoms with Gasteiger partial charge in [-0.05, 0) is 40.8 Å². The fourth-order valence-electron chi connectivity index (χ4n) is 1.68. The number of likely N-dealkylation sites (N-methyl/N-ethyl adjacent to an activating group) is 1. The van der Waals surface area contributed by atoms with Gasteiger partial charge in [-0.3, -0.25) is 9.89 Å². The topological polar surface area (TPSA) is 105 Å². The van der Waals surface area contributed by atoms with E-state index in [0.29, 0.717) is 24.6 Å². The zero-order valence-corrected chi connectivity index (χ0v) is 15.1. The minimum atomic E-state index is -0.928. The number of nitrogens with zero attached hydrogens (tertiary/aromatic N) is 4. The van der Waals surface area contributed by atoms with E-state index in [9.17, 15) is 5.11 Å². The number of hydrogen-bond donors (Lipinski definition) is 2. The van der Waals surface area contributed by atoms with E-state index < -0.39 is 6.41 Å². The first-order chi connectivity index (χ1) is 11.4. The van der Waals surface area contributed by atoms with Gasteiger partial charge in [0.05, 0.1) is 18.1 Å². The molecule has 0 aliphatic heterocycles. The first-order valence-electron chi connectivity index (χ1n) is 7.75. The quantitative estimate of drug-likeness (QED) is 0.148. The number of rotatable bonds is 11. The standard InChI is InChI=1S/C16H29N5O3/c1-6-20-24-14(4)10-15(19-12-17)8-9-18-13(3)11-21(5)16(22)23-7-2/h6,8-10,12-13,16,22H,7,11H2,1-5H3,(H2,17,19)/b14-10+,15-8?,18-9?,20-6+/t13-,16?/m1/s1. The third-order valence-corrected chi connectivity index (χ3v) is 2.71. The van der Waals surface area contributed by atoms with Crippen LogP contribution < -0.4 is 5.73 Å². The van der Waals surface area contributed by atoms with Gasteiger partial charge in [0.1, 0.15) is 5.76 Å². The first kappa shape index (κ1) is 22.0. The molecule has 24 heavy (non-hydrogen) atoms. The van der Waals surface area contributed by atoms with Crippen LogP contribution in [0.5, 0.6) is 0 Å². The number of ether oxygens (including phenoxy) is 1. The molecule has 2 atom stereocenters. The van der Waals surface area contributed by atoms with Crippen LogP contribution in [0.1, 0.15) is 27.7 Å². The molecule has 0 radical (unpaired) electrons. The van der Waals surface area contributed by atoms with Crippen LogP contribution in [0.4, 0.5) is 0 Å². The molecule has 8 nitrogen and oxygen atoms in total. The van der Waals surface area contributed by atoms with Crippen LogP contribution in [-0.4, -0.2) is 61.4 Å². The van der Waals surface area contributed by atoms with Crippen molar-refractivity contribution in [2.24, 2.45) is 20.9 Å². The lowest BCUT2D eigenvalue weighted by Gasteiger charge is -2.24. The highest BCUT2D eigenvalue weighted by molar-refractivity contribution is 5.74. The summed E-state index contributed by atoms with van der Waals surface area (Å²) in [7, 11) is 1.77. The zero-order valence-electron chi connectivity index (χ0n) is 15.1. The average Bonchev–Trinajstić information content (AvgIpc) is 2.53. The Labute approximate surface area is 144 Å². The van der Waals surface area contributed by atoms with Crippen LogP contribution in [0, 0.1) is 0 Å². The van der Waals surface area contributed by atoms with Crippen molar-refractivity contribution in [1.29, 1.82) is 0 Å². The smallest absolute Gasteiger partial charge is 0.215 e. The molecule has 0 spiro atoms. The van der Waals surface area contributed by atoms with Gasteiger partial charge in [-0.15, -0.1) is 0 Å². The van der Waals surface area contributed by atoms with E-state index >= 15 is 0 Å². The van der Waals surface area contributed by atoms with Gasteiger partial charge < -0.3 is 20.4 Å². The number of nitrogens with two attached hydrogens (primary N) is 1. The van der Waals surface area contributed by atoms with Gasteiger partial charge in [0.25, 0.3) is 0 Å². The molecule has 0 aromatic rings. The molecule has 0 amide bonds. The van der Waals surface area contributed by atoms with Crippen LogP contribution in [0.2, 0.25) is 0 Å². The molecular formula is C16H29N5O3. The van der Waals surface area contributed by atoms with E-state index in [-0.39, 0.29) is 6.04 Å². The Morgan fingerprint density at radius 3 is 2.71 bits per heavy atom. The Morgan fingerprint density at radius 2 is 2.12 bits per heavy atom. The molecule has 0 fully saturated rings. The molecule has 0 saturated carbocycles. The van der Waals surface area contributed by atoms with Gasteiger partial charge in [-0.25, -0.2) is 4.99 Å². The summed E-state index contributed by atoms with van der Waals surface area (Å²) >= 11 is 0. The highest BCUT2D eigenvalue weighted by Gasteiger charge is 2.12. The molecule has 0 bridgehead atoms. The van der Waals surface area contributed by atoms with Crippen molar-refractivity contribution in [3.63, 3.8) is 0 Å². The maximum Gasteiger partial charge on any atom is 0.215 e. The Bertz CT molecular complexity index is 486. The third-order valence-electron chi connectivity index (χ3n) is 2.71. The summed E-state index contributed by atoms with van der Waals surface area (Å²) in [5.74, 6) is 0.575. The highest BCUT2D eigenvalue weighted by atomic mass is 16.6. The monoisotopic (exact) mass is 339 g/mol. The predicted molar refractivity (Wildman–Crippen MR) is 98.0 cm³/mol. The van der Waals surface area contributed by atoms with Gasteiger partial charge in [0.2, 0.25) is 6.41 Å². The molecule has 0 saturated heterocycles. The van der Waals surface area contributed by atoms with E-state index in [1.165, 1.54) is 6.34 Å². The van der Waals surface area contributed by atoms with Crippen molar-refractivity contribution in [2.45, 2.75) is 40.2 Å². The van der Waals surface area contributed by atoms with Crippen molar-refractivity contribution >= 4 is 18.8 Å². The maximum absolute atomic E-state index is 9.69. The van der Waals surface area contributed by atoms with E-state index in [2.05, 4.69) is 15.1 Å². The summed E-state index contributed by atoms with van der Waals surface area (Å²) in [6, 6.07) is -0.0320. The summed E-state index contributed by atoms with van der Waals surface area (Å²) in [5.41, 5.74) is 5.92. The van der Waals surface area contributed by atoms with Crippen molar-refractivity contribution < 1.29 is 14.7 Å². The molecule has 1 unspecified atom stereocenters. The highest BCUT2D eigenvalue weighted by Crippen LogP contribution is 2.05. The van der Waals surface area contributed by atoms with Gasteiger partial charge in [0.15, 0.2) is 0 Å². The lowest BCUT2D eigenvalue weighted by atomic mass is 10.3. The zero-order chi connectivity index (χ0) is 18.4. The summed E-state index contributed by atoms with van der Waals surface area (Å²) < 4.78 is 5.11. The Hall–Kier alpha value is -2.03. The third kappa shape index (κ3) is 10.7. The molecule has 8 heteroatoms. The van der Waals surface area contributed by atoms with Crippen LogP contribution in [0.3, 0.4) is 0 Å². The number of aliphatic hydroxyl groups is 1. The van der Waals surface area contributed by atoms with Gasteiger partial charge in [-0.2, -0.15) is 0 Å². The van der Waals surface area contributed by atoms with Crippen molar-refractivity contribution in [3.05, 3.63) is 23.6 Å². The number of oxime groups is 1. The maximum atomic E-state index is 9.69. The minimum Gasteiger partial charge on any atom is -0.390 e. The van der Waals surface area contributed by atoms with Crippen molar-refractivity contribution in [2.75, 3.05) is 20.2 Å². The molecule has 0 rings (SSSR count). The summed E-state index contributed by atoms with van der Waals surface area (Å²) in [6.45, 7) is 8.28. The van der Waals surface area contributed by atoms with Crippen molar-refractivity contribution in [3.8, 4) is 0 Å². The minimum absolute atomic E-state index is 0.0320. The van der Waals surface area contributed by atoms with Gasteiger partial charge >= 0.3 is 0 Å². The Balaban J connectivity index is 4.74. The molecule has 0 aromatic heterocycles. The van der Waals surface area contributed by atoms with Crippen molar-refractivity contribution in [1.82, 2.24) is 4.90 Å². The predicted octanol–water partition coefficient (Wildman–Crippen LogP) is 1.49. The second-order valence-corrected chi connectivity index (χ2v) is 4.95. The summed E-state index contributed by atoms with van der Waals surface area (Å²) in [4.78, 5) is 15.2. The SMILES string of the molecule is C/C=N/O/C(C)=C/C(=CC=N[C@H](C)CN(C)C(O)OCC)N=CN. The fraction of sp³-hybridized carbons (Fsp3) is 0.562. The second-order valence-electron chi connectivity index (χ2n) is 4.95. The van der Waals surface area contributed by atoms with Crippen LogP contribution >= 0.6 is 0 Å². The molecule has 0 aliphatic rings. The molecule has 0 heterocycles. The van der Waals surface area contributed by atoms with E-state index in [0.717, 1.165) is 0 Å². The summed E-state index contributed by atoms with van der Waals surface area (Å²) in [5, 5.41) is 13.4. The van der Waals surface area contributed by atoms with Crippen LogP contribution in [0.15, 0.2) is 38.7 Å². The lowest BCUT2D eigenvalue weighted by Crippen LogP contribution is -2.38. The normalized spacial score (nSPS) is 16.6. The molecule has 3 N–H and O–H groups in total. The van der Waals surface area contributed by atoms with Crippen LogP contribution in [-0.2, 0) is 9.57 Å². The van der Waals surface area contributed by atoms with E-state index in [1.807, 2.05) is 13.8 Å². The Kier molecular flexibility index (Phi) is 12.3. The molecular weight excluding hydrogens is 310 g/mol. The molecule has 0 aromatic carbocycles. The van der Waals surface area contributed by atoms with Gasteiger partial charge in [-0.1, -0.05) is 5.16 Å². The van der Waals surface area contributed by atoms with E-state index in [1.54, 1.807) is 50.4 Å².